The molecule has 5 heteroatoms. The van der Waals surface area contributed by atoms with E-state index in [9.17, 15) is 4.79 Å². The van der Waals surface area contributed by atoms with Crippen LogP contribution in [-0.2, 0) is 0 Å². The van der Waals surface area contributed by atoms with Crippen LogP contribution < -0.4 is 5.73 Å². The molecule has 0 aliphatic carbocycles. The molecule has 54 valence electrons. The standard InChI is InChI=1S/C5H3Br2NOS/c6-2-1-10-4(3(2)7)5(8)9/h1H,(H2,8,9). The molecule has 0 saturated heterocycles. The maximum atomic E-state index is 10.6. The van der Waals surface area contributed by atoms with Gasteiger partial charge in [0.05, 0.1) is 4.47 Å². The van der Waals surface area contributed by atoms with Crippen molar-refractivity contribution in [1.82, 2.24) is 0 Å². The molecule has 1 heterocycles. The molecule has 1 aromatic rings. The minimum absolute atomic E-state index is 0.400. The summed E-state index contributed by atoms with van der Waals surface area (Å²) in [7, 11) is 0. The summed E-state index contributed by atoms with van der Waals surface area (Å²) in [5, 5.41) is 1.81. The van der Waals surface area contributed by atoms with Crippen LogP contribution in [0.5, 0.6) is 0 Å². The van der Waals surface area contributed by atoms with Gasteiger partial charge in [-0.1, -0.05) is 0 Å². The van der Waals surface area contributed by atoms with Gasteiger partial charge >= 0.3 is 0 Å². The zero-order chi connectivity index (χ0) is 7.72. The van der Waals surface area contributed by atoms with Crippen LogP contribution >= 0.6 is 43.2 Å². The molecule has 0 aliphatic heterocycles. The van der Waals surface area contributed by atoms with E-state index >= 15 is 0 Å². The number of amides is 1. The van der Waals surface area contributed by atoms with E-state index in [0.29, 0.717) is 4.88 Å². The Morgan fingerprint density at radius 2 is 2.20 bits per heavy atom. The van der Waals surface area contributed by atoms with E-state index in [1.807, 2.05) is 5.38 Å². The molecular weight excluding hydrogens is 282 g/mol. The van der Waals surface area contributed by atoms with Crippen molar-refractivity contribution in [3.05, 3.63) is 19.2 Å². The summed E-state index contributed by atoms with van der Waals surface area (Å²) in [4.78, 5) is 11.2. The minimum atomic E-state index is -0.400. The van der Waals surface area contributed by atoms with E-state index in [0.717, 1.165) is 8.95 Å². The van der Waals surface area contributed by atoms with Gasteiger partial charge in [-0.2, -0.15) is 0 Å². The molecule has 0 aromatic carbocycles. The first-order chi connectivity index (χ1) is 4.63. The summed E-state index contributed by atoms with van der Waals surface area (Å²) in [6.07, 6.45) is 0. The molecule has 0 radical (unpaired) electrons. The highest BCUT2D eigenvalue weighted by atomic mass is 79.9. The molecule has 0 atom stereocenters. The SMILES string of the molecule is NC(=O)c1scc(Br)c1Br. The van der Waals surface area contributed by atoms with Crippen LogP contribution in [0.3, 0.4) is 0 Å². The van der Waals surface area contributed by atoms with E-state index in [-0.39, 0.29) is 0 Å². The average Bonchev–Trinajstić information content (AvgIpc) is 2.14. The number of hydrogen-bond acceptors (Lipinski definition) is 2. The molecule has 1 aromatic heterocycles. The van der Waals surface area contributed by atoms with Gasteiger partial charge in [0.2, 0.25) is 0 Å². The van der Waals surface area contributed by atoms with Crippen LogP contribution in [0.4, 0.5) is 0 Å². The number of nitrogens with two attached hydrogens (primary N) is 1. The van der Waals surface area contributed by atoms with Crippen molar-refractivity contribution in [3.63, 3.8) is 0 Å². The Balaban J connectivity index is 3.17. The molecule has 0 bridgehead atoms. The lowest BCUT2D eigenvalue weighted by Crippen LogP contribution is -2.08. The summed E-state index contributed by atoms with van der Waals surface area (Å²) >= 11 is 7.77. The van der Waals surface area contributed by atoms with Crippen LogP contribution in [0.15, 0.2) is 14.3 Å². The molecular formula is C5H3Br2NOS. The van der Waals surface area contributed by atoms with Crippen molar-refractivity contribution in [2.75, 3.05) is 0 Å². The number of halogens is 2. The fraction of sp³-hybridized carbons (Fsp3) is 0. The number of thiophene rings is 1. The molecule has 0 unspecified atom stereocenters. The van der Waals surface area contributed by atoms with Gasteiger partial charge in [0.15, 0.2) is 0 Å². The first-order valence-electron chi connectivity index (χ1n) is 2.35. The normalized spacial score (nSPS) is 9.80. The molecule has 0 aliphatic rings. The van der Waals surface area contributed by atoms with Crippen molar-refractivity contribution in [2.24, 2.45) is 5.73 Å². The zero-order valence-electron chi connectivity index (χ0n) is 4.73. The van der Waals surface area contributed by atoms with Crippen molar-refractivity contribution in [3.8, 4) is 0 Å². The third kappa shape index (κ3) is 1.41. The molecule has 1 amide bonds. The zero-order valence-corrected chi connectivity index (χ0v) is 8.72. The van der Waals surface area contributed by atoms with Crippen molar-refractivity contribution < 1.29 is 4.79 Å². The summed E-state index contributed by atoms with van der Waals surface area (Å²) in [6.45, 7) is 0. The Morgan fingerprint density at radius 3 is 2.40 bits per heavy atom. The number of hydrogen-bond donors (Lipinski definition) is 1. The Hall–Kier alpha value is 0.130. The highest BCUT2D eigenvalue weighted by Crippen LogP contribution is 2.31. The van der Waals surface area contributed by atoms with E-state index < -0.39 is 5.91 Å². The lowest BCUT2D eigenvalue weighted by atomic mass is 10.5. The second-order valence-corrected chi connectivity index (χ2v) is 4.12. The first kappa shape index (κ1) is 8.23. The van der Waals surface area contributed by atoms with Crippen LogP contribution in [0.2, 0.25) is 0 Å². The Morgan fingerprint density at radius 1 is 1.60 bits per heavy atom. The quantitative estimate of drug-likeness (QED) is 0.845. The van der Waals surface area contributed by atoms with E-state index in [4.69, 9.17) is 5.73 Å². The molecule has 0 saturated carbocycles. The van der Waals surface area contributed by atoms with Gasteiger partial charge in [0, 0.05) is 9.85 Å². The minimum Gasteiger partial charge on any atom is -0.365 e. The van der Waals surface area contributed by atoms with Gasteiger partial charge in [-0.25, -0.2) is 0 Å². The lowest BCUT2D eigenvalue weighted by molar-refractivity contribution is 0.100. The Bertz CT molecular complexity index is 271. The monoisotopic (exact) mass is 283 g/mol. The highest BCUT2D eigenvalue weighted by molar-refractivity contribution is 9.13. The highest BCUT2D eigenvalue weighted by Gasteiger charge is 2.10. The average molecular weight is 285 g/mol. The van der Waals surface area contributed by atoms with Crippen LogP contribution in [0, 0.1) is 0 Å². The number of rotatable bonds is 1. The Labute approximate surface area is 78.7 Å². The summed E-state index contributed by atoms with van der Waals surface area (Å²) in [5.41, 5.74) is 5.05. The fourth-order valence-electron chi connectivity index (χ4n) is 0.489. The summed E-state index contributed by atoms with van der Waals surface area (Å²) in [6, 6.07) is 0. The molecule has 1 rings (SSSR count). The first-order valence-corrected chi connectivity index (χ1v) is 4.81. The van der Waals surface area contributed by atoms with Gasteiger partial charge in [-0.05, 0) is 31.9 Å². The smallest absolute Gasteiger partial charge is 0.259 e. The van der Waals surface area contributed by atoms with Crippen LogP contribution in [-0.4, -0.2) is 5.91 Å². The van der Waals surface area contributed by atoms with Gasteiger partial charge in [-0.3, -0.25) is 4.79 Å². The van der Waals surface area contributed by atoms with Crippen LogP contribution in [0.1, 0.15) is 9.67 Å². The van der Waals surface area contributed by atoms with Crippen molar-refractivity contribution in [2.45, 2.75) is 0 Å². The summed E-state index contributed by atoms with van der Waals surface area (Å²) in [5.74, 6) is -0.400. The molecule has 0 fully saturated rings. The molecule has 2 N–H and O–H groups in total. The molecule has 0 spiro atoms. The predicted molar refractivity (Wildman–Crippen MR) is 48.2 cm³/mol. The second-order valence-electron chi connectivity index (χ2n) is 1.59. The molecule has 10 heavy (non-hydrogen) atoms. The number of carbonyl (C=O) groups excluding carboxylic acids is 1. The van der Waals surface area contributed by atoms with Gasteiger partial charge in [0.25, 0.3) is 5.91 Å². The second kappa shape index (κ2) is 3.02. The van der Waals surface area contributed by atoms with E-state index in [1.165, 1.54) is 11.3 Å². The maximum Gasteiger partial charge on any atom is 0.259 e. The third-order valence-electron chi connectivity index (χ3n) is 0.913. The van der Waals surface area contributed by atoms with Gasteiger partial charge in [0.1, 0.15) is 4.88 Å². The van der Waals surface area contributed by atoms with Gasteiger partial charge in [-0.15, -0.1) is 11.3 Å². The Kier molecular flexibility index (Phi) is 2.49. The maximum absolute atomic E-state index is 10.6. The van der Waals surface area contributed by atoms with E-state index in [2.05, 4.69) is 31.9 Å². The topological polar surface area (TPSA) is 43.1 Å². The predicted octanol–water partition coefficient (Wildman–Crippen LogP) is 2.37. The van der Waals surface area contributed by atoms with E-state index in [1.54, 1.807) is 0 Å². The van der Waals surface area contributed by atoms with Crippen molar-refractivity contribution >= 4 is 49.1 Å². The fourth-order valence-corrected chi connectivity index (χ4v) is 2.51. The largest absolute Gasteiger partial charge is 0.365 e. The third-order valence-corrected chi connectivity index (χ3v) is 4.45. The number of primary amides is 1. The van der Waals surface area contributed by atoms with Crippen molar-refractivity contribution in [1.29, 1.82) is 0 Å². The van der Waals surface area contributed by atoms with Gasteiger partial charge < -0.3 is 5.73 Å². The molecule has 2 nitrogen and oxygen atoms in total. The number of carbonyl (C=O) groups is 1. The lowest BCUT2D eigenvalue weighted by Gasteiger charge is -1.88. The van der Waals surface area contributed by atoms with Crippen LogP contribution in [0.25, 0.3) is 0 Å². The summed E-state index contributed by atoms with van der Waals surface area (Å²) < 4.78 is 1.61.